The van der Waals surface area contributed by atoms with Crippen LogP contribution in [0.4, 0.5) is 26.3 Å². The summed E-state index contributed by atoms with van der Waals surface area (Å²) in [7, 11) is 1.20. The molecule has 164 valence electrons. The molecule has 0 unspecified atom stereocenters. The van der Waals surface area contributed by atoms with Crippen molar-refractivity contribution in [2.24, 2.45) is 0 Å². The normalized spacial score (nSPS) is 11.7. The van der Waals surface area contributed by atoms with Gasteiger partial charge in [0.1, 0.15) is 12.4 Å². The number of methoxy groups -OCH3 is 1. The van der Waals surface area contributed by atoms with Crippen LogP contribution in [0.3, 0.4) is 0 Å². The largest absolute Gasteiger partial charge is 0.486 e. The molecule has 2 rings (SSSR count). The molecule has 1 aromatic heterocycles. The number of benzene rings is 1. The summed E-state index contributed by atoms with van der Waals surface area (Å²) in [5.41, 5.74) is 0.242. The SMILES string of the molecule is COC(=O)c1ccc(OCc2nc(OCC(F)(F)F)cc(OCC(F)(F)F)n2)cc1. The van der Waals surface area contributed by atoms with Gasteiger partial charge < -0.3 is 18.9 Å². The monoisotopic (exact) mass is 440 g/mol. The minimum absolute atomic E-state index is 0.227. The molecule has 13 heteroatoms. The summed E-state index contributed by atoms with van der Waals surface area (Å²) in [4.78, 5) is 18.7. The average molecular weight is 440 g/mol. The summed E-state index contributed by atoms with van der Waals surface area (Å²) in [6.07, 6.45) is -9.37. The van der Waals surface area contributed by atoms with Crippen LogP contribution in [0.2, 0.25) is 0 Å². The molecular formula is C17H14F6N2O5. The summed E-state index contributed by atoms with van der Waals surface area (Å²) < 4.78 is 92.7. The first kappa shape index (κ1) is 23.0. The maximum atomic E-state index is 12.3. The molecule has 0 saturated heterocycles. The number of ether oxygens (including phenoxy) is 4. The van der Waals surface area contributed by atoms with Gasteiger partial charge in [-0.15, -0.1) is 0 Å². The number of alkyl halides is 6. The van der Waals surface area contributed by atoms with E-state index in [1.54, 1.807) is 0 Å². The maximum Gasteiger partial charge on any atom is 0.422 e. The van der Waals surface area contributed by atoms with E-state index in [-0.39, 0.29) is 17.1 Å². The van der Waals surface area contributed by atoms with Crippen molar-refractivity contribution in [3.05, 3.63) is 41.7 Å². The zero-order valence-corrected chi connectivity index (χ0v) is 15.2. The Hall–Kier alpha value is -3.25. The molecule has 0 spiro atoms. The molecule has 0 atom stereocenters. The Kier molecular flexibility index (Phi) is 7.29. The highest BCUT2D eigenvalue weighted by Gasteiger charge is 2.30. The first-order valence-corrected chi connectivity index (χ1v) is 8.03. The second-order valence-electron chi connectivity index (χ2n) is 5.57. The van der Waals surface area contributed by atoms with Gasteiger partial charge in [-0.2, -0.15) is 36.3 Å². The molecular weight excluding hydrogens is 426 g/mol. The van der Waals surface area contributed by atoms with E-state index in [0.29, 0.717) is 6.07 Å². The lowest BCUT2D eigenvalue weighted by molar-refractivity contribution is -0.154. The van der Waals surface area contributed by atoms with Crippen molar-refractivity contribution in [3.63, 3.8) is 0 Å². The molecule has 1 aromatic carbocycles. The van der Waals surface area contributed by atoms with E-state index in [0.717, 1.165) is 0 Å². The Morgan fingerprint density at radius 1 is 0.867 bits per heavy atom. The zero-order chi connectivity index (χ0) is 22.4. The highest BCUT2D eigenvalue weighted by Crippen LogP contribution is 2.23. The molecule has 0 bridgehead atoms. The third kappa shape index (κ3) is 8.01. The van der Waals surface area contributed by atoms with Crippen LogP contribution in [-0.2, 0) is 11.3 Å². The van der Waals surface area contributed by atoms with Crippen molar-refractivity contribution in [3.8, 4) is 17.5 Å². The minimum Gasteiger partial charge on any atom is -0.486 e. The van der Waals surface area contributed by atoms with Gasteiger partial charge >= 0.3 is 18.3 Å². The zero-order valence-electron chi connectivity index (χ0n) is 15.2. The van der Waals surface area contributed by atoms with Gasteiger partial charge in [0.05, 0.1) is 18.7 Å². The van der Waals surface area contributed by atoms with E-state index in [9.17, 15) is 31.1 Å². The molecule has 0 N–H and O–H groups in total. The summed E-state index contributed by atoms with van der Waals surface area (Å²) in [6.45, 7) is -3.85. The molecule has 1 heterocycles. The van der Waals surface area contributed by atoms with Crippen molar-refractivity contribution in [2.75, 3.05) is 20.3 Å². The van der Waals surface area contributed by atoms with Gasteiger partial charge in [-0.1, -0.05) is 0 Å². The lowest BCUT2D eigenvalue weighted by Crippen LogP contribution is -2.21. The quantitative estimate of drug-likeness (QED) is 0.457. The molecule has 0 fully saturated rings. The number of carbonyl (C=O) groups is 1. The van der Waals surface area contributed by atoms with Crippen LogP contribution < -0.4 is 14.2 Å². The summed E-state index contributed by atoms with van der Waals surface area (Å²) >= 11 is 0. The van der Waals surface area contributed by atoms with Crippen LogP contribution in [0.1, 0.15) is 16.2 Å². The summed E-state index contributed by atoms with van der Waals surface area (Å²) in [6, 6.07) is 6.28. The predicted molar refractivity (Wildman–Crippen MR) is 87.2 cm³/mol. The molecule has 0 aliphatic heterocycles. The number of aromatic nitrogens is 2. The second-order valence-corrected chi connectivity index (χ2v) is 5.57. The topological polar surface area (TPSA) is 79.8 Å². The molecule has 0 amide bonds. The number of rotatable bonds is 8. The Balaban J connectivity index is 2.12. The van der Waals surface area contributed by atoms with Crippen molar-refractivity contribution in [1.82, 2.24) is 9.97 Å². The van der Waals surface area contributed by atoms with Crippen LogP contribution >= 0.6 is 0 Å². The fourth-order valence-corrected chi connectivity index (χ4v) is 1.93. The molecule has 0 aliphatic rings. The summed E-state index contributed by atoms with van der Waals surface area (Å²) in [5, 5.41) is 0. The Bertz CT molecular complexity index is 819. The molecule has 0 aliphatic carbocycles. The Morgan fingerprint density at radius 2 is 1.37 bits per heavy atom. The number of carbonyl (C=O) groups excluding carboxylic acids is 1. The molecule has 0 radical (unpaired) electrons. The van der Waals surface area contributed by atoms with Crippen LogP contribution in [0, 0.1) is 0 Å². The third-order valence-electron chi connectivity index (χ3n) is 3.14. The molecule has 7 nitrogen and oxygen atoms in total. The van der Waals surface area contributed by atoms with Crippen molar-refractivity contribution < 1.29 is 50.1 Å². The van der Waals surface area contributed by atoms with E-state index in [1.807, 2.05) is 0 Å². The van der Waals surface area contributed by atoms with E-state index in [4.69, 9.17) is 4.74 Å². The van der Waals surface area contributed by atoms with Gasteiger partial charge in [0.2, 0.25) is 11.8 Å². The van der Waals surface area contributed by atoms with Crippen molar-refractivity contribution in [2.45, 2.75) is 19.0 Å². The van der Waals surface area contributed by atoms with E-state index in [2.05, 4.69) is 24.2 Å². The lowest BCUT2D eigenvalue weighted by Gasteiger charge is -2.13. The number of esters is 1. The highest BCUT2D eigenvalue weighted by atomic mass is 19.4. The third-order valence-corrected chi connectivity index (χ3v) is 3.14. The summed E-state index contributed by atoms with van der Waals surface area (Å²) in [5.74, 6) is -1.92. The molecule has 2 aromatic rings. The van der Waals surface area contributed by atoms with E-state index in [1.165, 1.54) is 31.4 Å². The Labute approximate surface area is 165 Å². The van der Waals surface area contributed by atoms with Gasteiger partial charge in [-0.25, -0.2) is 4.79 Å². The van der Waals surface area contributed by atoms with Gasteiger partial charge in [-0.05, 0) is 24.3 Å². The number of hydrogen-bond donors (Lipinski definition) is 0. The van der Waals surface area contributed by atoms with Crippen molar-refractivity contribution >= 4 is 5.97 Å². The fourth-order valence-electron chi connectivity index (χ4n) is 1.93. The predicted octanol–water partition coefficient (Wildman–Crippen LogP) is 3.72. The smallest absolute Gasteiger partial charge is 0.422 e. The first-order valence-electron chi connectivity index (χ1n) is 8.03. The number of nitrogens with zero attached hydrogens (tertiary/aromatic N) is 2. The van der Waals surface area contributed by atoms with Crippen LogP contribution in [0.5, 0.6) is 17.5 Å². The fraction of sp³-hybridized carbons (Fsp3) is 0.353. The van der Waals surface area contributed by atoms with Crippen molar-refractivity contribution in [1.29, 1.82) is 0 Å². The highest BCUT2D eigenvalue weighted by molar-refractivity contribution is 5.89. The minimum atomic E-state index is -4.68. The van der Waals surface area contributed by atoms with Crippen LogP contribution in [0.25, 0.3) is 0 Å². The average Bonchev–Trinajstić information content (AvgIpc) is 2.68. The van der Waals surface area contributed by atoms with Gasteiger partial charge in [0.15, 0.2) is 19.0 Å². The first-order chi connectivity index (χ1) is 13.9. The van der Waals surface area contributed by atoms with Gasteiger partial charge in [0, 0.05) is 0 Å². The van der Waals surface area contributed by atoms with Crippen LogP contribution in [-0.4, -0.2) is 48.6 Å². The maximum absolute atomic E-state index is 12.3. The number of hydrogen-bond acceptors (Lipinski definition) is 7. The molecule has 30 heavy (non-hydrogen) atoms. The lowest BCUT2D eigenvalue weighted by atomic mass is 10.2. The Morgan fingerprint density at radius 3 is 1.80 bits per heavy atom. The second kappa shape index (κ2) is 9.50. The van der Waals surface area contributed by atoms with E-state index >= 15 is 0 Å². The standard InChI is InChI=1S/C17H14F6N2O5/c1-27-15(26)10-2-4-11(5-3-10)28-7-12-24-13(29-8-16(18,19)20)6-14(25-12)30-9-17(21,22)23/h2-6H,7-9H2,1H3. The van der Waals surface area contributed by atoms with Gasteiger partial charge in [-0.3, -0.25) is 0 Å². The van der Waals surface area contributed by atoms with E-state index < -0.39 is 49.9 Å². The molecule has 0 saturated carbocycles. The van der Waals surface area contributed by atoms with Crippen LogP contribution in [0.15, 0.2) is 30.3 Å². The van der Waals surface area contributed by atoms with Gasteiger partial charge in [0.25, 0.3) is 0 Å². The number of halogens is 6.